The second-order valence-corrected chi connectivity index (χ2v) is 4.83. The minimum atomic E-state index is -0.505. The summed E-state index contributed by atoms with van der Waals surface area (Å²) >= 11 is 0. The first-order valence-corrected chi connectivity index (χ1v) is 6.64. The van der Waals surface area contributed by atoms with Crippen molar-refractivity contribution in [2.45, 2.75) is 13.5 Å². The van der Waals surface area contributed by atoms with Gasteiger partial charge >= 0.3 is 0 Å². The molecule has 2 aromatic carbocycles. The molecule has 0 amide bonds. The molecule has 106 valence electrons. The summed E-state index contributed by atoms with van der Waals surface area (Å²) in [6.45, 7) is 1.70. The summed E-state index contributed by atoms with van der Waals surface area (Å²) < 4.78 is 20.1. The number of carbonyl (C=O) groups is 1. The van der Waals surface area contributed by atoms with Gasteiger partial charge < -0.3 is 9.72 Å². The molecule has 0 aliphatic rings. The Labute approximate surface area is 121 Å². The maximum atomic E-state index is 14.5. The second-order valence-electron chi connectivity index (χ2n) is 4.83. The predicted molar refractivity (Wildman–Crippen MR) is 79.0 cm³/mol. The molecule has 4 heteroatoms. The van der Waals surface area contributed by atoms with Gasteiger partial charge in [0.05, 0.1) is 0 Å². The Hall–Kier alpha value is -2.62. The quantitative estimate of drug-likeness (QED) is 0.733. The third-order valence-electron chi connectivity index (χ3n) is 3.36. The fourth-order valence-corrected chi connectivity index (χ4v) is 2.29. The fraction of sp³-hybridized carbons (Fsp3) is 0.118. The molecule has 0 fully saturated rings. The van der Waals surface area contributed by atoms with Gasteiger partial charge in [-0.3, -0.25) is 4.79 Å². The fourth-order valence-electron chi connectivity index (χ4n) is 2.29. The standard InChI is InChI=1S/C17H14FNO2/c1-11(20)13-9-19-14-7-8-15(17(18)16(13)14)21-10-12-5-3-2-4-6-12/h2-9,19H,10H2,1H3. The molecule has 0 aliphatic heterocycles. The molecule has 1 heterocycles. The monoisotopic (exact) mass is 283 g/mol. The van der Waals surface area contributed by atoms with Crippen molar-refractivity contribution in [3.8, 4) is 5.75 Å². The topological polar surface area (TPSA) is 42.1 Å². The van der Waals surface area contributed by atoms with Crippen LogP contribution in [0.2, 0.25) is 0 Å². The first-order valence-electron chi connectivity index (χ1n) is 6.64. The Balaban J connectivity index is 1.94. The normalized spacial score (nSPS) is 10.8. The number of H-pyrrole nitrogens is 1. The van der Waals surface area contributed by atoms with Crippen molar-refractivity contribution >= 4 is 16.7 Å². The molecule has 0 atom stereocenters. The highest BCUT2D eigenvalue weighted by atomic mass is 19.1. The lowest BCUT2D eigenvalue weighted by Gasteiger charge is -2.08. The molecule has 1 N–H and O–H groups in total. The number of rotatable bonds is 4. The maximum absolute atomic E-state index is 14.5. The molecular formula is C17H14FNO2. The van der Waals surface area contributed by atoms with Crippen molar-refractivity contribution in [2.24, 2.45) is 0 Å². The minimum absolute atomic E-state index is 0.147. The number of Topliss-reactive ketones (excluding diaryl/α,β-unsaturated/α-hetero) is 1. The van der Waals surface area contributed by atoms with Crippen LogP contribution in [0.25, 0.3) is 10.9 Å². The molecular weight excluding hydrogens is 269 g/mol. The van der Waals surface area contributed by atoms with E-state index in [9.17, 15) is 9.18 Å². The number of benzene rings is 2. The molecule has 0 aliphatic carbocycles. The van der Waals surface area contributed by atoms with Crippen LogP contribution in [0.5, 0.6) is 5.75 Å². The van der Waals surface area contributed by atoms with Crippen molar-refractivity contribution in [3.05, 3.63) is 65.6 Å². The lowest BCUT2D eigenvalue weighted by Crippen LogP contribution is -1.98. The summed E-state index contributed by atoms with van der Waals surface area (Å²) in [4.78, 5) is 14.4. The third kappa shape index (κ3) is 2.52. The molecule has 0 saturated carbocycles. The first kappa shape index (κ1) is 13.4. The van der Waals surface area contributed by atoms with E-state index in [1.54, 1.807) is 12.1 Å². The van der Waals surface area contributed by atoms with E-state index < -0.39 is 5.82 Å². The number of nitrogens with one attached hydrogen (secondary N) is 1. The van der Waals surface area contributed by atoms with Crippen molar-refractivity contribution in [1.29, 1.82) is 0 Å². The summed E-state index contributed by atoms with van der Waals surface area (Å²) in [6.07, 6.45) is 1.52. The van der Waals surface area contributed by atoms with E-state index in [-0.39, 0.29) is 23.5 Å². The highest BCUT2D eigenvalue weighted by Crippen LogP contribution is 2.29. The van der Waals surface area contributed by atoms with E-state index in [1.165, 1.54) is 13.1 Å². The van der Waals surface area contributed by atoms with Crippen molar-refractivity contribution < 1.29 is 13.9 Å². The number of aromatic nitrogens is 1. The Kier molecular flexibility index (Phi) is 3.44. The van der Waals surface area contributed by atoms with Crippen LogP contribution >= 0.6 is 0 Å². The van der Waals surface area contributed by atoms with Crippen molar-refractivity contribution in [3.63, 3.8) is 0 Å². The van der Waals surface area contributed by atoms with Gasteiger partial charge in [-0.1, -0.05) is 30.3 Å². The zero-order chi connectivity index (χ0) is 14.8. The highest BCUT2D eigenvalue weighted by Gasteiger charge is 2.16. The van der Waals surface area contributed by atoms with Crippen molar-refractivity contribution in [2.75, 3.05) is 0 Å². The van der Waals surface area contributed by atoms with Crippen LogP contribution in [0, 0.1) is 5.82 Å². The number of ketones is 1. The van der Waals surface area contributed by atoms with E-state index in [4.69, 9.17) is 4.74 Å². The Bertz CT molecular complexity index is 793. The van der Waals surface area contributed by atoms with E-state index in [0.29, 0.717) is 11.1 Å². The molecule has 21 heavy (non-hydrogen) atoms. The van der Waals surface area contributed by atoms with Gasteiger partial charge in [0.25, 0.3) is 0 Å². The summed E-state index contributed by atoms with van der Waals surface area (Å²) in [5.41, 5.74) is 1.88. The van der Waals surface area contributed by atoms with Gasteiger partial charge in [-0.25, -0.2) is 4.39 Å². The average Bonchev–Trinajstić information content (AvgIpc) is 2.93. The smallest absolute Gasteiger partial charge is 0.175 e. The molecule has 0 bridgehead atoms. The lowest BCUT2D eigenvalue weighted by atomic mass is 10.1. The Morgan fingerprint density at radius 1 is 1.19 bits per heavy atom. The lowest BCUT2D eigenvalue weighted by molar-refractivity contribution is 0.101. The van der Waals surface area contributed by atoms with Gasteiger partial charge in [0.2, 0.25) is 0 Å². The predicted octanol–water partition coefficient (Wildman–Crippen LogP) is 4.09. The zero-order valence-electron chi connectivity index (χ0n) is 11.5. The van der Waals surface area contributed by atoms with Crippen LogP contribution in [0.4, 0.5) is 4.39 Å². The summed E-state index contributed by atoms with van der Waals surface area (Å²) in [7, 11) is 0. The summed E-state index contributed by atoms with van der Waals surface area (Å²) in [5.74, 6) is -0.538. The number of hydrogen-bond acceptors (Lipinski definition) is 2. The zero-order valence-corrected chi connectivity index (χ0v) is 11.5. The summed E-state index contributed by atoms with van der Waals surface area (Å²) in [5, 5.41) is 0.285. The van der Waals surface area contributed by atoms with E-state index in [1.807, 2.05) is 30.3 Å². The number of ether oxygens (including phenoxy) is 1. The van der Waals surface area contributed by atoms with Gasteiger partial charge in [0, 0.05) is 22.7 Å². The Morgan fingerprint density at radius 3 is 2.67 bits per heavy atom. The summed E-state index contributed by atoms with van der Waals surface area (Å²) in [6, 6.07) is 12.8. The van der Waals surface area contributed by atoms with Crippen LogP contribution < -0.4 is 4.74 Å². The molecule has 0 radical (unpaired) electrons. The van der Waals surface area contributed by atoms with Crippen LogP contribution in [0.15, 0.2) is 48.7 Å². The molecule has 3 aromatic rings. The molecule has 0 spiro atoms. The van der Waals surface area contributed by atoms with Gasteiger partial charge in [0.1, 0.15) is 6.61 Å². The number of carbonyl (C=O) groups excluding carboxylic acids is 1. The molecule has 3 rings (SSSR count). The van der Waals surface area contributed by atoms with E-state index in [0.717, 1.165) is 5.56 Å². The highest BCUT2D eigenvalue weighted by molar-refractivity contribution is 6.07. The van der Waals surface area contributed by atoms with Crippen molar-refractivity contribution in [1.82, 2.24) is 4.98 Å². The van der Waals surface area contributed by atoms with Gasteiger partial charge in [-0.2, -0.15) is 0 Å². The van der Waals surface area contributed by atoms with E-state index in [2.05, 4.69) is 4.98 Å². The average molecular weight is 283 g/mol. The number of halogens is 1. The Morgan fingerprint density at radius 2 is 1.95 bits per heavy atom. The minimum Gasteiger partial charge on any atom is -0.486 e. The largest absolute Gasteiger partial charge is 0.486 e. The van der Waals surface area contributed by atoms with Gasteiger partial charge in [0.15, 0.2) is 17.3 Å². The van der Waals surface area contributed by atoms with Gasteiger partial charge in [-0.05, 0) is 24.6 Å². The van der Waals surface area contributed by atoms with Crippen LogP contribution in [0.3, 0.4) is 0 Å². The number of hydrogen-bond donors (Lipinski definition) is 1. The van der Waals surface area contributed by atoms with E-state index >= 15 is 0 Å². The van der Waals surface area contributed by atoms with Crippen LogP contribution in [-0.4, -0.2) is 10.8 Å². The molecule has 3 nitrogen and oxygen atoms in total. The first-order chi connectivity index (χ1) is 10.2. The maximum Gasteiger partial charge on any atom is 0.175 e. The van der Waals surface area contributed by atoms with Crippen LogP contribution in [0.1, 0.15) is 22.8 Å². The second kappa shape index (κ2) is 5.40. The molecule has 0 saturated heterocycles. The third-order valence-corrected chi connectivity index (χ3v) is 3.36. The van der Waals surface area contributed by atoms with Gasteiger partial charge in [-0.15, -0.1) is 0 Å². The number of fused-ring (bicyclic) bond motifs is 1. The number of aromatic amines is 1. The molecule has 1 aromatic heterocycles. The van der Waals surface area contributed by atoms with Crippen LogP contribution in [-0.2, 0) is 6.61 Å². The molecule has 0 unspecified atom stereocenters. The SMILES string of the molecule is CC(=O)c1c[nH]c2ccc(OCc3ccccc3)c(F)c12.